The van der Waals surface area contributed by atoms with Crippen molar-refractivity contribution < 1.29 is 9.84 Å². The van der Waals surface area contributed by atoms with Crippen LogP contribution in [0.5, 0.6) is 5.75 Å². The molecule has 0 spiro atoms. The van der Waals surface area contributed by atoms with E-state index in [1.807, 2.05) is 25.1 Å². The van der Waals surface area contributed by atoms with Gasteiger partial charge in [0.25, 0.3) is 0 Å². The molecule has 2 aromatic rings. The van der Waals surface area contributed by atoms with E-state index in [9.17, 15) is 5.11 Å². The summed E-state index contributed by atoms with van der Waals surface area (Å²) < 4.78 is 5.25. The van der Waals surface area contributed by atoms with Crippen LogP contribution in [-0.2, 0) is 0 Å². The molecule has 0 aliphatic rings. The summed E-state index contributed by atoms with van der Waals surface area (Å²) in [6, 6.07) is 9.05. The van der Waals surface area contributed by atoms with Gasteiger partial charge in [-0.3, -0.25) is 4.98 Å². The third-order valence-corrected chi connectivity index (χ3v) is 3.05. The molecule has 0 aliphatic heterocycles. The predicted octanol–water partition coefficient (Wildman–Crippen LogP) is 3.13. The third-order valence-electron chi connectivity index (χ3n) is 2.73. The van der Waals surface area contributed by atoms with Gasteiger partial charge < -0.3 is 9.84 Å². The molecule has 0 bridgehead atoms. The Bertz CT molecular complexity index is 557. The van der Waals surface area contributed by atoms with E-state index in [1.54, 1.807) is 25.4 Å². The number of aliphatic hydroxyl groups excluding tert-OH is 1. The van der Waals surface area contributed by atoms with E-state index in [1.165, 1.54) is 0 Å². The molecule has 18 heavy (non-hydrogen) atoms. The highest BCUT2D eigenvalue weighted by Gasteiger charge is 2.19. The molecule has 1 N–H and O–H groups in total. The molecule has 1 atom stereocenters. The molecule has 4 heteroatoms. The molecule has 3 nitrogen and oxygen atoms in total. The molecule has 1 aromatic heterocycles. The van der Waals surface area contributed by atoms with Crippen LogP contribution in [0, 0.1) is 6.92 Å². The third kappa shape index (κ3) is 2.47. The molecule has 94 valence electrons. The van der Waals surface area contributed by atoms with Crippen LogP contribution in [0.1, 0.15) is 22.9 Å². The van der Waals surface area contributed by atoms with Gasteiger partial charge in [-0.25, -0.2) is 0 Å². The molecule has 0 saturated heterocycles. The van der Waals surface area contributed by atoms with Crippen LogP contribution in [0.4, 0.5) is 0 Å². The van der Waals surface area contributed by atoms with E-state index in [0.29, 0.717) is 22.0 Å². The van der Waals surface area contributed by atoms with Gasteiger partial charge in [0.15, 0.2) is 0 Å². The van der Waals surface area contributed by atoms with Crippen LogP contribution in [0.15, 0.2) is 36.5 Å². The van der Waals surface area contributed by atoms with Crippen molar-refractivity contribution in [1.29, 1.82) is 0 Å². The number of hydrogen-bond donors (Lipinski definition) is 1. The number of aliphatic hydroxyl groups is 1. The minimum Gasteiger partial charge on any atom is -0.496 e. The smallest absolute Gasteiger partial charge is 0.126 e. The van der Waals surface area contributed by atoms with Crippen molar-refractivity contribution in [2.75, 3.05) is 7.11 Å². The van der Waals surface area contributed by atoms with Crippen molar-refractivity contribution in [3.05, 3.63) is 58.4 Å². The van der Waals surface area contributed by atoms with Gasteiger partial charge in [-0.1, -0.05) is 23.2 Å². The molecule has 1 aromatic carbocycles. The van der Waals surface area contributed by atoms with Crippen LogP contribution >= 0.6 is 11.6 Å². The lowest BCUT2D eigenvalue weighted by Crippen LogP contribution is -2.05. The SMILES string of the molecule is COc1ccc(C)cc1C(O)c1ncccc1Cl. The largest absolute Gasteiger partial charge is 0.496 e. The number of benzene rings is 1. The first-order valence-corrected chi connectivity index (χ1v) is 5.94. The Hall–Kier alpha value is -1.58. The van der Waals surface area contributed by atoms with Crippen molar-refractivity contribution in [3.63, 3.8) is 0 Å². The normalized spacial score (nSPS) is 12.2. The van der Waals surface area contributed by atoms with Crippen LogP contribution in [-0.4, -0.2) is 17.2 Å². The highest BCUT2D eigenvalue weighted by atomic mass is 35.5. The fourth-order valence-corrected chi connectivity index (χ4v) is 2.04. The Balaban J connectivity index is 2.48. The maximum atomic E-state index is 10.4. The molecular formula is C14H14ClNO2. The quantitative estimate of drug-likeness (QED) is 0.925. The first kappa shape index (κ1) is 12.9. The lowest BCUT2D eigenvalue weighted by atomic mass is 10.0. The molecule has 1 unspecified atom stereocenters. The number of aromatic nitrogens is 1. The van der Waals surface area contributed by atoms with E-state index < -0.39 is 6.10 Å². The van der Waals surface area contributed by atoms with Gasteiger partial charge in [0.1, 0.15) is 11.9 Å². The monoisotopic (exact) mass is 263 g/mol. The Labute approximate surface area is 111 Å². The molecular weight excluding hydrogens is 250 g/mol. The standard InChI is InChI=1S/C14H14ClNO2/c1-9-5-6-12(18-2)10(8-9)14(17)13-11(15)4-3-7-16-13/h3-8,14,17H,1-2H3. The number of ether oxygens (including phenoxy) is 1. The minimum atomic E-state index is -0.895. The Morgan fingerprint density at radius 2 is 2.11 bits per heavy atom. The summed E-state index contributed by atoms with van der Waals surface area (Å²) in [7, 11) is 1.57. The second-order valence-corrected chi connectivity index (χ2v) is 4.43. The highest BCUT2D eigenvalue weighted by Crippen LogP contribution is 2.32. The highest BCUT2D eigenvalue weighted by molar-refractivity contribution is 6.31. The second kappa shape index (κ2) is 5.38. The molecule has 0 aliphatic carbocycles. The van der Waals surface area contributed by atoms with Crippen LogP contribution in [0.3, 0.4) is 0 Å². The fourth-order valence-electron chi connectivity index (χ4n) is 1.81. The average Bonchev–Trinajstić information content (AvgIpc) is 2.38. The lowest BCUT2D eigenvalue weighted by molar-refractivity contribution is 0.210. The van der Waals surface area contributed by atoms with Gasteiger partial charge in [-0.05, 0) is 31.2 Å². The summed E-state index contributed by atoms with van der Waals surface area (Å²) in [5.41, 5.74) is 2.14. The van der Waals surface area contributed by atoms with Crippen LogP contribution < -0.4 is 4.74 Å². The van der Waals surface area contributed by atoms with Crippen molar-refractivity contribution in [3.8, 4) is 5.75 Å². The Morgan fingerprint density at radius 3 is 2.78 bits per heavy atom. The molecule has 0 amide bonds. The van der Waals surface area contributed by atoms with E-state index >= 15 is 0 Å². The van der Waals surface area contributed by atoms with Crippen LogP contribution in [0.25, 0.3) is 0 Å². The summed E-state index contributed by atoms with van der Waals surface area (Å²) in [6.45, 7) is 1.95. The number of rotatable bonds is 3. The summed E-state index contributed by atoms with van der Waals surface area (Å²) in [4.78, 5) is 4.12. The minimum absolute atomic E-state index is 0.433. The Kier molecular flexibility index (Phi) is 3.84. The number of halogens is 1. The van der Waals surface area contributed by atoms with Gasteiger partial charge in [0.2, 0.25) is 0 Å². The zero-order valence-corrected chi connectivity index (χ0v) is 11.0. The number of nitrogens with zero attached hydrogens (tertiary/aromatic N) is 1. The predicted molar refractivity (Wildman–Crippen MR) is 71.0 cm³/mol. The summed E-state index contributed by atoms with van der Waals surface area (Å²) >= 11 is 6.04. The van der Waals surface area contributed by atoms with E-state index in [4.69, 9.17) is 16.3 Å². The van der Waals surface area contributed by atoms with Crippen molar-refractivity contribution in [2.45, 2.75) is 13.0 Å². The lowest BCUT2D eigenvalue weighted by Gasteiger charge is -2.16. The second-order valence-electron chi connectivity index (χ2n) is 4.02. The zero-order valence-electron chi connectivity index (χ0n) is 10.2. The maximum absolute atomic E-state index is 10.4. The number of pyridine rings is 1. The Morgan fingerprint density at radius 1 is 1.33 bits per heavy atom. The molecule has 0 saturated carbocycles. The average molecular weight is 264 g/mol. The van der Waals surface area contributed by atoms with Crippen molar-refractivity contribution in [2.24, 2.45) is 0 Å². The van der Waals surface area contributed by atoms with Gasteiger partial charge in [0.05, 0.1) is 17.8 Å². The van der Waals surface area contributed by atoms with E-state index in [0.717, 1.165) is 5.56 Å². The molecule has 0 radical (unpaired) electrons. The van der Waals surface area contributed by atoms with Gasteiger partial charge in [0, 0.05) is 11.8 Å². The van der Waals surface area contributed by atoms with Crippen molar-refractivity contribution in [1.82, 2.24) is 4.98 Å². The van der Waals surface area contributed by atoms with Gasteiger partial charge in [-0.15, -0.1) is 0 Å². The van der Waals surface area contributed by atoms with Gasteiger partial charge in [-0.2, -0.15) is 0 Å². The van der Waals surface area contributed by atoms with Gasteiger partial charge >= 0.3 is 0 Å². The summed E-state index contributed by atoms with van der Waals surface area (Å²) in [5, 5.41) is 10.8. The zero-order chi connectivity index (χ0) is 13.1. The number of aryl methyl sites for hydroxylation is 1. The first-order valence-electron chi connectivity index (χ1n) is 5.56. The van der Waals surface area contributed by atoms with E-state index in [2.05, 4.69) is 4.98 Å². The number of hydrogen-bond acceptors (Lipinski definition) is 3. The topological polar surface area (TPSA) is 42.4 Å². The molecule has 0 fully saturated rings. The fraction of sp³-hybridized carbons (Fsp3) is 0.214. The molecule has 1 heterocycles. The first-order chi connectivity index (χ1) is 8.63. The molecule has 2 rings (SSSR count). The van der Waals surface area contributed by atoms with E-state index in [-0.39, 0.29) is 0 Å². The maximum Gasteiger partial charge on any atom is 0.126 e. The summed E-state index contributed by atoms with van der Waals surface area (Å²) in [5.74, 6) is 0.620. The van der Waals surface area contributed by atoms with Crippen LogP contribution in [0.2, 0.25) is 5.02 Å². The van der Waals surface area contributed by atoms with Crippen molar-refractivity contribution >= 4 is 11.6 Å². The summed E-state index contributed by atoms with van der Waals surface area (Å²) in [6.07, 6.45) is 0.709. The number of methoxy groups -OCH3 is 1.